The Morgan fingerprint density at radius 3 is 2.07 bits per heavy atom. The summed E-state index contributed by atoms with van der Waals surface area (Å²) in [5.41, 5.74) is 0.152. The molecular formula is C15H19N2O10P. The molecule has 0 saturated heterocycles. The summed E-state index contributed by atoms with van der Waals surface area (Å²) in [5.74, 6) is -5.21. The van der Waals surface area contributed by atoms with Gasteiger partial charge in [-0.2, -0.15) is 0 Å². The average molecular weight is 418 g/mol. The maximum atomic E-state index is 12.0. The number of nitrogens with one attached hydrogen (secondary N) is 2. The van der Waals surface area contributed by atoms with E-state index >= 15 is 0 Å². The SMILES string of the molecule is O=C(O)CC[C@H](NP(=O)(O)OCC(NC(=O)c1ccccc1)C(=O)O)C(=O)O. The van der Waals surface area contributed by atoms with Crippen LogP contribution in [0.3, 0.4) is 0 Å². The number of benzene rings is 1. The van der Waals surface area contributed by atoms with Crippen LogP contribution >= 0.6 is 7.75 Å². The molecule has 0 fully saturated rings. The number of hydrogen-bond acceptors (Lipinski definition) is 6. The standard InChI is InChI=1S/C15H19N2O10P/c18-12(19)7-6-10(14(21)22)17-28(25,26)27-8-11(15(23)24)16-13(20)9-4-2-1-3-5-9/h1-5,10-11H,6-8H2,(H,16,20)(H,18,19)(H,21,22)(H,23,24)(H2,17,25,26)/t10-,11?/m0/s1. The lowest BCUT2D eigenvalue weighted by Gasteiger charge is -2.20. The Bertz CT molecular complexity index is 769. The minimum absolute atomic E-state index is 0.152. The molecule has 2 unspecified atom stereocenters. The first-order valence-electron chi connectivity index (χ1n) is 7.80. The van der Waals surface area contributed by atoms with Crippen LogP contribution in [-0.2, 0) is 23.5 Å². The van der Waals surface area contributed by atoms with Gasteiger partial charge in [-0.1, -0.05) is 18.2 Å². The number of aliphatic carboxylic acids is 3. The lowest BCUT2D eigenvalue weighted by Crippen LogP contribution is -2.44. The Morgan fingerprint density at radius 1 is 1.00 bits per heavy atom. The van der Waals surface area contributed by atoms with Gasteiger partial charge in [0.2, 0.25) is 0 Å². The molecule has 0 aromatic heterocycles. The lowest BCUT2D eigenvalue weighted by molar-refractivity contribution is -0.142. The zero-order valence-electron chi connectivity index (χ0n) is 14.3. The number of carbonyl (C=O) groups excluding carboxylic acids is 1. The number of rotatable bonds is 12. The molecule has 1 aromatic carbocycles. The fourth-order valence-corrected chi connectivity index (χ4v) is 2.99. The molecule has 0 heterocycles. The van der Waals surface area contributed by atoms with E-state index in [9.17, 15) is 28.6 Å². The number of amides is 1. The van der Waals surface area contributed by atoms with Crippen molar-refractivity contribution in [1.82, 2.24) is 10.4 Å². The predicted molar refractivity (Wildman–Crippen MR) is 92.5 cm³/mol. The molecule has 0 radical (unpaired) electrons. The predicted octanol–water partition coefficient (Wildman–Crippen LogP) is -0.106. The summed E-state index contributed by atoms with van der Waals surface area (Å²) in [4.78, 5) is 54.5. The zero-order valence-corrected chi connectivity index (χ0v) is 15.2. The van der Waals surface area contributed by atoms with Gasteiger partial charge in [-0.05, 0) is 18.6 Å². The molecule has 154 valence electrons. The average Bonchev–Trinajstić information content (AvgIpc) is 2.62. The maximum absolute atomic E-state index is 12.0. The van der Waals surface area contributed by atoms with Gasteiger partial charge in [-0.3, -0.25) is 18.9 Å². The number of hydrogen-bond donors (Lipinski definition) is 6. The van der Waals surface area contributed by atoms with Gasteiger partial charge in [0.1, 0.15) is 6.04 Å². The molecule has 12 nitrogen and oxygen atoms in total. The molecule has 28 heavy (non-hydrogen) atoms. The monoisotopic (exact) mass is 418 g/mol. The Hall–Kier alpha value is -2.79. The van der Waals surface area contributed by atoms with E-state index in [-0.39, 0.29) is 5.56 Å². The third-order valence-electron chi connectivity index (χ3n) is 3.32. The number of carbonyl (C=O) groups is 4. The lowest BCUT2D eigenvalue weighted by atomic mass is 10.2. The summed E-state index contributed by atoms with van der Waals surface area (Å²) in [5, 5.41) is 30.5. The van der Waals surface area contributed by atoms with Gasteiger partial charge < -0.3 is 25.5 Å². The molecule has 13 heteroatoms. The molecule has 1 aromatic rings. The first-order chi connectivity index (χ1) is 13.0. The summed E-state index contributed by atoms with van der Waals surface area (Å²) >= 11 is 0. The van der Waals surface area contributed by atoms with Crippen LogP contribution < -0.4 is 10.4 Å². The van der Waals surface area contributed by atoms with Crippen LogP contribution in [0.2, 0.25) is 0 Å². The van der Waals surface area contributed by atoms with Crippen molar-refractivity contribution in [1.29, 1.82) is 0 Å². The molecule has 0 bridgehead atoms. The van der Waals surface area contributed by atoms with Gasteiger partial charge in [0.05, 0.1) is 6.61 Å². The topological polar surface area (TPSA) is 200 Å². The maximum Gasteiger partial charge on any atom is 0.403 e. The Balaban J connectivity index is 2.70. The highest BCUT2D eigenvalue weighted by Crippen LogP contribution is 2.38. The Morgan fingerprint density at radius 2 is 1.57 bits per heavy atom. The molecule has 0 saturated carbocycles. The fraction of sp³-hybridized carbons (Fsp3) is 0.333. The van der Waals surface area contributed by atoms with Crippen molar-refractivity contribution in [3.05, 3.63) is 35.9 Å². The van der Waals surface area contributed by atoms with Crippen molar-refractivity contribution >= 4 is 31.6 Å². The third-order valence-corrected chi connectivity index (χ3v) is 4.46. The highest BCUT2D eigenvalue weighted by atomic mass is 31.2. The molecule has 0 aliphatic heterocycles. The van der Waals surface area contributed by atoms with Crippen molar-refractivity contribution < 1.29 is 48.5 Å². The zero-order chi connectivity index (χ0) is 21.3. The van der Waals surface area contributed by atoms with E-state index in [4.69, 9.17) is 15.3 Å². The third kappa shape index (κ3) is 8.27. The van der Waals surface area contributed by atoms with E-state index in [0.29, 0.717) is 0 Å². The van der Waals surface area contributed by atoms with Gasteiger partial charge in [0.15, 0.2) is 6.04 Å². The normalized spacial score (nSPS) is 15.0. The van der Waals surface area contributed by atoms with E-state index in [0.717, 1.165) is 0 Å². The molecule has 3 atom stereocenters. The van der Waals surface area contributed by atoms with E-state index in [1.807, 2.05) is 0 Å². The van der Waals surface area contributed by atoms with Crippen LogP contribution in [0.25, 0.3) is 0 Å². The van der Waals surface area contributed by atoms with E-state index in [2.05, 4.69) is 9.84 Å². The molecule has 1 rings (SSSR count). The molecule has 0 aliphatic rings. The van der Waals surface area contributed by atoms with Crippen molar-refractivity contribution in [2.45, 2.75) is 24.9 Å². The second kappa shape index (κ2) is 10.5. The van der Waals surface area contributed by atoms with Crippen LogP contribution in [0.5, 0.6) is 0 Å². The van der Waals surface area contributed by atoms with Crippen molar-refractivity contribution in [3.63, 3.8) is 0 Å². The largest absolute Gasteiger partial charge is 0.481 e. The summed E-state index contributed by atoms with van der Waals surface area (Å²) in [6.07, 6.45) is -1.10. The molecule has 1 amide bonds. The molecule has 6 N–H and O–H groups in total. The first-order valence-corrected chi connectivity index (χ1v) is 9.38. The minimum Gasteiger partial charge on any atom is -0.481 e. The molecule has 0 spiro atoms. The summed E-state index contributed by atoms with van der Waals surface area (Å²) < 4.78 is 16.5. The molecular weight excluding hydrogens is 399 g/mol. The van der Waals surface area contributed by atoms with Gasteiger partial charge >= 0.3 is 25.7 Å². The quantitative estimate of drug-likeness (QED) is 0.248. The van der Waals surface area contributed by atoms with Crippen LogP contribution in [0.4, 0.5) is 0 Å². The first kappa shape index (κ1) is 23.2. The second-order valence-electron chi connectivity index (χ2n) is 5.50. The van der Waals surface area contributed by atoms with Crippen molar-refractivity contribution in [2.24, 2.45) is 0 Å². The van der Waals surface area contributed by atoms with Crippen LogP contribution in [0.15, 0.2) is 30.3 Å². The van der Waals surface area contributed by atoms with Crippen LogP contribution in [0, 0.1) is 0 Å². The highest BCUT2D eigenvalue weighted by molar-refractivity contribution is 7.50. The van der Waals surface area contributed by atoms with Gasteiger partial charge in [0, 0.05) is 12.0 Å². The van der Waals surface area contributed by atoms with Crippen molar-refractivity contribution in [2.75, 3.05) is 6.61 Å². The molecule has 0 aliphatic carbocycles. The highest BCUT2D eigenvalue weighted by Gasteiger charge is 2.31. The Kier molecular flexibility index (Phi) is 8.74. The van der Waals surface area contributed by atoms with Gasteiger partial charge in [-0.15, -0.1) is 0 Å². The fourth-order valence-electron chi connectivity index (χ4n) is 1.93. The summed E-state index contributed by atoms with van der Waals surface area (Å²) in [6.45, 7) is -0.944. The second-order valence-corrected chi connectivity index (χ2v) is 7.06. The smallest absolute Gasteiger partial charge is 0.403 e. The van der Waals surface area contributed by atoms with Gasteiger partial charge in [0.25, 0.3) is 5.91 Å². The summed E-state index contributed by atoms with van der Waals surface area (Å²) in [7, 11) is -4.81. The Labute approximate surface area is 158 Å². The van der Waals surface area contributed by atoms with E-state index in [1.54, 1.807) is 23.3 Å². The van der Waals surface area contributed by atoms with Crippen LogP contribution in [0.1, 0.15) is 23.2 Å². The van der Waals surface area contributed by atoms with E-state index < -0.39 is 63.1 Å². The minimum atomic E-state index is -4.81. The number of carboxylic acid groups (broad SMARTS) is 3. The summed E-state index contributed by atoms with van der Waals surface area (Å²) in [6, 6.07) is 4.19. The number of carboxylic acids is 3. The van der Waals surface area contributed by atoms with E-state index in [1.165, 1.54) is 12.1 Å². The van der Waals surface area contributed by atoms with Gasteiger partial charge in [-0.25, -0.2) is 14.4 Å². The van der Waals surface area contributed by atoms with Crippen molar-refractivity contribution in [3.8, 4) is 0 Å². The van der Waals surface area contributed by atoms with Crippen LogP contribution in [-0.4, -0.2) is 62.7 Å².